The fourth-order valence-corrected chi connectivity index (χ4v) is 3.39. The Labute approximate surface area is 139 Å². The molecule has 2 rings (SSSR count). The minimum absolute atomic E-state index is 0.00886. The number of carbonyl (C=O) groups is 1. The number of aryl methyl sites for hydroxylation is 2. The normalized spacial score (nSPS) is 17.1. The van der Waals surface area contributed by atoms with Gasteiger partial charge >= 0.3 is 6.03 Å². The molecule has 0 aromatic heterocycles. The van der Waals surface area contributed by atoms with Gasteiger partial charge in [-0.1, -0.05) is 26.8 Å². The second-order valence-electron chi connectivity index (χ2n) is 6.62. The van der Waals surface area contributed by atoms with E-state index in [4.69, 9.17) is 0 Å². The minimum Gasteiger partial charge on any atom is -0.396 e. The number of aliphatic hydroxyl groups excluding tert-OH is 1. The molecule has 4 nitrogen and oxygen atoms in total. The van der Waals surface area contributed by atoms with Crippen molar-refractivity contribution in [2.75, 3.05) is 25.0 Å². The van der Waals surface area contributed by atoms with Gasteiger partial charge in [-0.05, 0) is 60.8 Å². The summed E-state index contributed by atoms with van der Waals surface area (Å²) in [4.78, 5) is 14.3. The van der Waals surface area contributed by atoms with E-state index in [1.54, 1.807) is 0 Å². The highest BCUT2D eigenvalue weighted by Crippen LogP contribution is 2.34. The molecule has 0 saturated carbocycles. The summed E-state index contributed by atoms with van der Waals surface area (Å²) < 4.78 is 0. The van der Waals surface area contributed by atoms with Gasteiger partial charge in [0.1, 0.15) is 0 Å². The summed E-state index contributed by atoms with van der Waals surface area (Å²) in [5, 5.41) is 12.6. The number of benzene rings is 1. The highest BCUT2D eigenvalue weighted by molar-refractivity contribution is 5.89. The third-order valence-electron chi connectivity index (χ3n) is 5.42. The van der Waals surface area contributed by atoms with Crippen LogP contribution in [0.25, 0.3) is 0 Å². The summed E-state index contributed by atoms with van der Waals surface area (Å²) >= 11 is 0. The molecule has 2 N–H and O–H groups in total. The van der Waals surface area contributed by atoms with E-state index in [-0.39, 0.29) is 18.1 Å². The number of carbonyl (C=O) groups excluding carboxylic acids is 1. The maximum atomic E-state index is 12.5. The Balaban J connectivity index is 1.98. The Morgan fingerprint density at radius 3 is 2.35 bits per heavy atom. The van der Waals surface area contributed by atoms with E-state index in [1.165, 1.54) is 11.1 Å². The van der Waals surface area contributed by atoms with Gasteiger partial charge in [0.15, 0.2) is 0 Å². The topological polar surface area (TPSA) is 52.6 Å². The second-order valence-corrected chi connectivity index (χ2v) is 6.62. The molecule has 23 heavy (non-hydrogen) atoms. The molecule has 1 fully saturated rings. The van der Waals surface area contributed by atoms with Crippen molar-refractivity contribution in [2.24, 2.45) is 5.41 Å². The summed E-state index contributed by atoms with van der Waals surface area (Å²) in [5.41, 5.74) is 3.53. The van der Waals surface area contributed by atoms with E-state index >= 15 is 0 Å². The average molecular weight is 318 g/mol. The lowest BCUT2D eigenvalue weighted by molar-refractivity contribution is 0.0542. The monoisotopic (exact) mass is 318 g/mol. The van der Waals surface area contributed by atoms with Crippen molar-refractivity contribution in [2.45, 2.75) is 52.9 Å². The summed E-state index contributed by atoms with van der Waals surface area (Å²) in [6, 6.07) is 6.16. The van der Waals surface area contributed by atoms with E-state index in [9.17, 15) is 9.90 Å². The summed E-state index contributed by atoms with van der Waals surface area (Å²) in [6.45, 7) is 8.07. The molecule has 1 aromatic carbocycles. The Morgan fingerprint density at radius 1 is 1.17 bits per heavy atom. The van der Waals surface area contributed by atoms with Crippen molar-refractivity contribution in [1.82, 2.24) is 4.90 Å². The molecule has 1 heterocycles. The molecular weight excluding hydrogens is 288 g/mol. The molecule has 1 aliphatic heterocycles. The van der Waals surface area contributed by atoms with E-state index in [0.717, 1.165) is 37.8 Å². The van der Waals surface area contributed by atoms with Crippen LogP contribution in [0.4, 0.5) is 10.5 Å². The number of nitrogens with one attached hydrogen (secondary N) is 1. The lowest BCUT2D eigenvalue weighted by Crippen LogP contribution is -2.46. The van der Waals surface area contributed by atoms with E-state index < -0.39 is 0 Å². The Morgan fingerprint density at radius 2 is 1.83 bits per heavy atom. The fourth-order valence-electron chi connectivity index (χ4n) is 3.39. The zero-order valence-corrected chi connectivity index (χ0v) is 14.7. The van der Waals surface area contributed by atoms with Gasteiger partial charge in [-0.25, -0.2) is 4.79 Å². The smallest absolute Gasteiger partial charge is 0.321 e. The predicted molar refractivity (Wildman–Crippen MR) is 94.8 cm³/mol. The van der Waals surface area contributed by atoms with Gasteiger partial charge in [-0.2, -0.15) is 0 Å². The maximum absolute atomic E-state index is 12.5. The lowest BCUT2D eigenvalue weighted by Gasteiger charge is -2.40. The number of anilines is 1. The van der Waals surface area contributed by atoms with Crippen LogP contribution in [0.15, 0.2) is 18.2 Å². The molecule has 1 saturated heterocycles. The Kier molecular flexibility index (Phi) is 6.05. The molecule has 0 atom stereocenters. The van der Waals surface area contributed by atoms with Crippen LogP contribution in [0.5, 0.6) is 0 Å². The molecule has 0 bridgehead atoms. The largest absolute Gasteiger partial charge is 0.396 e. The first-order valence-electron chi connectivity index (χ1n) is 8.86. The number of nitrogens with zero attached hydrogens (tertiary/aromatic N) is 1. The number of amides is 2. The third-order valence-corrected chi connectivity index (χ3v) is 5.42. The highest BCUT2D eigenvalue weighted by atomic mass is 16.3. The highest BCUT2D eigenvalue weighted by Gasteiger charge is 2.33. The lowest BCUT2D eigenvalue weighted by atomic mass is 9.77. The van der Waals surface area contributed by atoms with Crippen LogP contribution in [-0.2, 0) is 12.8 Å². The van der Waals surface area contributed by atoms with Gasteiger partial charge in [0.25, 0.3) is 0 Å². The van der Waals surface area contributed by atoms with Crippen molar-refractivity contribution >= 4 is 11.7 Å². The first kappa shape index (κ1) is 17.8. The SMILES string of the molecule is CCc1ccc(NC(=O)N2CCC(CC)(CO)CC2)cc1CC. The molecule has 0 aliphatic carbocycles. The quantitative estimate of drug-likeness (QED) is 0.867. The van der Waals surface area contributed by atoms with Crippen LogP contribution in [0, 0.1) is 5.41 Å². The van der Waals surface area contributed by atoms with Gasteiger partial charge in [0.2, 0.25) is 0 Å². The van der Waals surface area contributed by atoms with E-state index in [1.807, 2.05) is 11.0 Å². The molecule has 0 radical (unpaired) electrons. The molecule has 1 aromatic rings. The van der Waals surface area contributed by atoms with Gasteiger partial charge in [-0.15, -0.1) is 0 Å². The summed E-state index contributed by atoms with van der Waals surface area (Å²) in [7, 11) is 0. The van der Waals surface area contributed by atoms with Crippen LogP contribution < -0.4 is 5.32 Å². The zero-order chi connectivity index (χ0) is 16.9. The van der Waals surface area contributed by atoms with Crippen molar-refractivity contribution < 1.29 is 9.90 Å². The number of hydrogen-bond donors (Lipinski definition) is 2. The van der Waals surface area contributed by atoms with Crippen LogP contribution in [-0.4, -0.2) is 35.7 Å². The third kappa shape index (κ3) is 4.05. The molecule has 0 unspecified atom stereocenters. The molecule has 128 valence electrons. The van der Waals surface area contributed by atoms with Gasteiger partial charge < -0.3 is 15.3 Å². The van der Waals surface area contributed by atoms with Crippen molar-refractivity contribution in [3.8, 4) is 0 Å². The standard InChI is InChI=1S/C19H30N2O2/c1-4-15-7-8-17(13-16(15)5-2)20-18(23)21-11-9-19(6-3,14-22)10-12-21/h7-8,13,22H,4-6,9-12,14H2,1-3H3,(H,20,23). The minimum atomic E-state index is -0.0288. The first-order valence-corrected chi connectivity index (χ1v) is 8.86. The first-order chi connectivity index (χ1) is 11.1. The van der Waals surface area contributed by atoms with Gasteiger partial charge in [0.05, 0.1) is 0 Å². The van der Waals surface area contributed by atoms with Crippen LogP contribution in [0.2, 0.25) is 0 Å². The fraction of sp³-hybridized carbons (Fsp3) is 0.632. The predicted octanol–water partition coefficient (Wildman–Crippen LogP) is 3.83. The zero-order valence-electron chi connectivity index (χ0n) is 14.7. The van der Waals surface area contributed by atoms with E-state index in [0.29, 0.717) is 13.1 Å². The molecule has 1 aliphatic rings. The molecule has 0 spiro atoms. The second kappa shape index (κ2) is 7.82. The van der Waals surface area contributed by atoms with Crippen molar-refractivity contribution in [3.63, 3.8) is 0 Å². The molecular formula is C19H30N2O2. The number of aliphatic hydroxyl groups is 1. The van der Waals surface area contributed by atoms with Crippen molar-refractivity contribution in [3.05, 3.63) is 29.3 Å². The number of piperidine rings is 1. The van der Waals surface area contributed by atoms with Crippen LogP contribution in [0.3, 0.4) is 0 Å². The van der Waals surface area contributed by atoms with Gasteiger partial charge in [-0.3, -0.25) is 0 Å². The van der Waals surface area contributed by atoms with Crippen molar-refractivity contribution in [1.29, 1.82) is 0 Å². The average Bonchev–Trinajstić information content (AvgIpc) is 2.61. The number of rotatable bonds is 5. The Bertz CT molecular complexity index is 528. The molecule has 2 amide bonds. The van der Waals surface area contributed by atoms with Crippen LogP contribution >= 0.6 is 0 Å². The van der Waals surface area contributed by atoms with Gasteiger partial charge in [0, 0.05) is 25.4 Å². The van der Waals surface area contributed by atoms with Crippen LogP contribution in [0.1, 0.15) is 51.2 Å². The Hall–Kier alpha value is -1.55. The number of likely N-dealkylation sites (tertiary alicyclic amines) is 1. The van der Waals surface area contributed by atoms with E-state index in [2.05, 4.69) is 38.2 Å². The molecule has 4 heteroatoms. The maximum Gasteiger partial charge on any atom is 0.321 e. The number of hydrogen-bond acceptors (Lipinski definition) is 2. The summed E-state index contributed by atoms with van der Waals surface area (Å²) in [6.07, 6.45) is 4.72. The number of urea groups is 1. The summed E-state index contributed by atoms with van der Waals surface area (Å²) in [5.74, 6) is 0.